The summed E-state index contributed by atoms with van der Waals surface area (Å²) < 4.78 is 0.627. The fraction of sp³-hybridized carbons (Fsp3) is 0.0714. The van der Waals surface area contributed by atoms with E-state index in [4.69, 9.17) is 5.21 Å². The van der Waals surface area contributed by atoms with Crippen LogP contribution in [-0.2, 0) is 0 Å². The standard InChI is InChI=1S/C14H12BrN3O2/c1-9(18-20)10-4-2-5-11(8-10)17-14(19)13-12(15)6-3-7-16-13/h2-8,20H,1H3,(H,17,19)/b18-9-. The minimum absolute atomic E-state index is 0.311. The smallest absolute Gasteiger partial charge is 0.275 e. The second-order valence-electron chi connectivity index (χ2n) is 4.05. The number of nitrogens with one attached hydrogen (secondary N) is 1. The molecule has 2 aromatic rings. The lowest BCUT2D eigenvalue weighted by atomic mass is 10.1. The Morgan fingerprint density at radius 2 is 2.15 bits per heavy atom. The highest BCUT2D eigenvalue weighted by Gasteiger charge is 2.11. The number of hydrogen-bond acceptors (Lipinski definition) is 4. The van der Waals surface area contributed by atoms with Crippen LogP contribution in [0, 0.1) is 0 Å². The lowest BCUT2D eigenvalue weighted by molar-refractivity contribution is 0.102. The van der Waals surface area contributed by atoms with E-state index in [2.05, 4.69) is 31.4 Å². The van der Waals surface area contributed by atoms with Crippen LogP contribution >= 0.6 is 15.9 Å². The largest absolute Gasteiger partial charge is 0.411 e. The van der Waals surface area contributed by atoms with Crippen molar-refractivity contribution < 1.29 is 10.0 Å². The quantitative estimate of drug-likeness (QED) is 0.514. The highest BCUT2D eigenvalue weighted by Crippen LogP contribution is 2.17. The summed E-state index contributed by atoms with van der Waals surface area (Å²) in [5.41, 5.74) is 2.11. The summed E-state index contributed by atoms with van der Waals surface area (Å²) in [4.78, 5) is 16.1. The van der Waals surface area contributed by atoms with E-state index in [0.29, 0.717) is 21.6 Å². The number of benzene rings is 1. The van der Waals surface area contributed by atoms with Gasteiger partial charge in [0.25, 0.3) is 5.91 Å². The first kappa shape index (κ1) is 14.2. The van der Waals surface area contributed by atoms with Crippen LogP contribution in [0.15, 0.2) is 52.2 Å². The molecule has 6 heteroatoms. The van der Waals surface area contributed by atoms with Crippen LogP contribution in [0.2, 0.25) is 0 Å². The number of anilines is 1. The number of carbonyl (C=O) groups excluding carboxylic acids is 1. The Morgan fingerprint density at radius 1 is 1.35 bits per heavy atom. The van der Waals surface area contributed by atoms with Gasteiger partial charge in [-0.1, -0.05) is 17.3 Å². The molecule has 0 fully saturated rings. The lowest BCUT2D eigenvalue weighted by Gasteiger charge is -2.07. The van der Waals surface area contributed by atoms with Gasteiger partial charge in [-0.25, -0.2) is 4.98 Å². The molecule has 0 unspecified atom stereocenters. The van der Waals surface area contributed by atoms with Gasteiger partial charge in [0.1, 0.15) is 5.69 Å². The summed E-state index contributed by atoms with van der Waals surface area (Å²) in [5, 5.41) is 14.6. The number of hydrogen-bond donors (Lipinski definition) is 2. The van der Waals surface area contributed by atoms with Gasteiger partial charge in [-0.3, -0.25) is 4.79 Å². The molecule has 0 spiro atoms. The first-order chi connectivity index (χ1) is 9.61. The fourth-order valence-corrected chi connectivity index (χ4v) is 2.06. The predicted octanol–water partition coefficient (Wildman–Crippen LogP) is 3.29. The van der Waals surface area contributed by atoms with Gasteiger partial charge in [-0.2, -0.15) is 0 Å². The molecule has 1 aromatic carbocycles. The van der Waals surface area contributed by atoms with Crippen LogP contribution in [0.4, 0.5) is 5.69 Å². The van der Waals surface area contributed by atoms with E-state index in [-0.39, 0.29) is 5.91 Å². The van der Waals surface area contributed by atoms with Crippen LogP contribution in [-0.4, -0.2) is 21.8 Å². The van der Waals surface area contributed by atoms with E-state index in [9.17, 15) is 4.79 Å². The number of halogens is 1. The number of oxime groups is 1. The lowest BCUT2D eigenvalue weighted by Crippen LogP contribution is -2.14. The summed E-state index contributed by atoms with van der Waals surface area (Å²) in [6, 6.07) is 10.5. The second kappa shape index (κ2) is 6.29. The maximum absolute atomic E-state index is 12.1. The van der Waals surface area contributed by atoms with E-state index in [1.165, 1.54) is 0 Å². The van der Waals surface area contributed by atoms with Gasteiger partial charge >= 0.3 is 0 Å². The van der Waals surface area contributed by atoms with Crippen molar-refractivity contribution in [2.75, 3.05) is 5.32 Å². The summed E-state index contributed by atoms with van der Waals surface area (Å²) in [7, 11) is 0. The number of nitrogens with zero attached hydrogens (tertiary/aromatic N) is 2. The number of pyridine rings is 1. The first-order valence-electron chi connectivity index (χ1n) is 5.83. The Bertz CT molecular complexity index is 671. The number of amides is 1. The van der Waals surface area contributed by atoms with Crippen LogP contribution < -0.4 is 5.32 Å². The maximum Gasteiger partial charge on any atom is 0.275 e. The van der Waals surface area contributed by atoms with Crippen LogP contribution in [0.3, 0.4) is 0 Å². The zero-order valence-corrected chi connectivity index (χ0v) is 12.3. The molecule has 5 nitrogen and oxygen atoms in total. The SMILES string of the molecule is C/C(=N/O)c1cccc(NC(=O)c2ncccc2Br)c1. The van der Waals surface area contributed by atoms with E-state index >= 15 is 0 Å². The third-order valence-corrected chi connectivity index (χ3v) is 3.30. The zero-order valence-electron chi connectivity index (χ0n) is 10.7. The summed E-state index contributed by atoms with van der Waals surface area (Å²) >= 11 is 3.28. The molecule has 2 N–H and O–H groups in total. The average Bonchev–Trinajstić information content (AvgIpc) is 2.47. The normalized spacial score (nSPS) is 11.2. The van der Waals surface area contributed by atoms with Crippen molar-refractivity contribution in [2.24, 2.45) is 5.16 Å². The molecule has 0 aliphatic rings. The fourth-order valence-electron chi connectivity index (χ4n) is 1.62. The van der Waals surface area contributed by atoms with Gasteiger partial charge in [0, 0.05) is 21.9 Å². The molecule has 1 heterocycles. The van der Waals surface area contributed by atoms with Crippen molar-refractivity contribution in [2.45, 2.75) is 6.92 Å². The first-order valence-corrected chi connectivity index (χ1v) is 6.62. The molecule has 0 saturated heterocycles. The van der Waals surface area contributed by atoms with Crippen molar-refractivity contribution in [3.63, 3.8) is 0 Å². The molecule has 0 saturated carbocycles. The monoisotopic (exact) mass is 333 g/mol. The van der Waals surface area contributed by atoms with Crippen LogP contribution in [0.5, 0.6) is 0 Å². The van der Waals surface area contributed by atoms with E-state index in [1.54, 1.807) is 49.5 Å². The Kier molecular flexibility index (Phi) is 4.47. The molecule has 0 bridgehead atoms. The Hall–Kier alpha value is -2.21. The summed E-state index contributed by atoms with van der Waals surface area (Å²) in [6.07, 6.45) is 1.55. The van der Waals surface area contributed by atoms with Gasteiger partial charge in [0.05, 0.1) is 5.71 Å². The maximum atomic E-state index is 12.1. The molecule has 0 atom stereocenters. The number of aromatic nitrogens is 1. The van der Waals surface area contributed by atoms with Crippen molar-refractivity contribution in [3.8, 4) is 0 Å². The number of rotatable bonds is 3. The molecule has 2 rings (SSSR count). The van der Waals surface area contributed by atoms with E-state index in [1.807, 2.05) is 0 Å². The molecule has 0 radical (unpaired) electrons. The van der Waals surface area contributed by atoms with Gasteiger partial charge in [0.2, 0.25) is 0 Å². The Morgan fingerprint density at radius 3 is 2.85 bits per heavy atom. The van der Waals surface area contributed by atoms with Gasteiger partial charge in [-0.15, -0.1) is 0 Å². The van der Waals surface area contributed by atoms with Crippen molar-refractivity contribution in [1.82, 2.24) is 4.98 Å². The van der Waals surface area contributed by atoms with Gasteiger partial charge < -0.3 is 10.5 Å². The average molecular weight is 334 g/mol. The molecule has 0 aliphatic heterocycles. The topological polar surface area (TPSA) is 74.6 Å². The van der Waals surface area contributed by atoms with Crippen LogP contribution in [0.25, 0.3) is 0 Å². The van der Waals surface area contributed by atoms with Gasteiger partial charge in [0.15, 0.2) is 0 Å². The molecule has 0 aliphatic carbocycles. The minimum Gasteiger partial charge on any atom is -0.411 e. The van der Waals surface area contributed by atoms with E-state index in [0.717, 1.165) is 5.56 Å². The molecular weight excluding hydrogens is 322 g/mol. The predicted molar refractivity (Wildman–Crippen MR) is 80.3 cm³/mol. The Labute approximate surface area is 124 Å². The number of carbonyl (C=O) groups is 1. The molecule has 20 heavy (non-hydrogen) atoms. The van der Waals surface area contributed by atoms with Crippen molar-refractivity contribution >= 4 is 33.2 Å². The zero-order chi connectivity index (χ0) is 14.5. The third kappa shape index (κ3) is 3.21. The third-order valence-electron chi connectivity index (χ3n) is 2.66. The van der Waals surface area contributed by atoms with Gasteiger partial charge in [-0.05, 0) is 47.1 Å². The summed E-state index contributed by atoms with van der Waals surface area (Å²) in [5.74, 6) is -0.312. The molecule has 102 valence electrons. The summed E-state index contributed by atoms with van der Waals surface area (Å²) in [6.45, 7) is 1.68. The minimum atomic E-state index is -0.312. The molecule has 1 aromatic heterocycles. The molecule has 1 amide bonds. The van der Waals surface area contributed by atoms with Crippen molar-refractivity contribution in [1.29, 1.82) is 0 Å². The van der Waals surface area contributed by atoms with E-state index < -0.39 is 0 Å². The highest BCUT2D eigenvalue weighted by atomic mass is 79.9. The van der Waals surface area contributed by atoms with Crippen molar-refractivity contribution in [3.05, 3.63) is 58.3 Å². The highest BCUT2D eigenvalue weighted by molar-refractivity contribution is 9.10. The second-order valence-corrected chi connectivity index (χ2v) is 4.91. The Balaban J connectivity index is 2.23. The molecular formula is C14H12BrN3O2. The van der Waals surface area contributed by atoms with Crippen LogP contribution in [0.1, 0.15) is 23.0 Å².